The van der Waals surface area contributed by atoms with E-state index in [0.29, 0.717) is 19.5 Å². The number of nitrogens with zero attached hydrogens (tertiary/aromatic N) is 1. The van der Waals surface area contributed by atoms with Crippen molar-refractivity contribution in [2.24, 2.45) is 11.7 Å². The molecule has 1 fully saturated rings. The number of rotatable bonds is 6. The van der Waals surface area contributed by atoms with Crippen molar-refractivity contribution >= 4 is 34.6 Å². The van der Waals surface area contributed by atoms with Gasteiger partial charge < -0.3 is 16.0 Å². The number of hydrogen-bond acceptors (Lipinski definition) is 5. The average molecular weight is 287 g/mol. The Morgan fingerprint density at radius 3 is 2.74 bits per heavy atom. The van der Waals surface area contributed by atoms with Crippen molar-refractivity contribution in [2.75, 3.05) is 25.4 Å². The van der Waals surface area contributed by atoms with Gasteiger partial charge in [-0.2, -0.15) is 0 Å². The summed E-state index contributed by atoms with van der Waals surface area (Å²) in [6.07, 6.45) is 0.299. The van der Waals surface area contributed by atoms with Gasteiger partial charge in [-0.3, -0.25) is 19.2 Å². The molecule has 8 heteroatoms. The third-order valence-electron chi connectivity index (χ3n) is 2.64. The van der Waals surface area contributed by atoms with Gasteiger partial charge in [0, 0.05) is 32.4 Å². The summed E-state index contributed by atoms with van der Waals surface area (Å²) in [5, 5.41) is 2.56. The van der Waals surface area contributed by atoms with Gasteiger partial charge in [0.15, 0.2) is 5.12 Å². The lowest BCUT2D eigenvalue weighted by Gasteiger charge is -2.14. The van der Waals surface area contributed by atoms with E-state index >= 15 is 0 Å². The summed E-state index contributed by atoms with van der Waals surface area (Å²) in [6, 6.07) is 0. The van der Waals surface area contributed by atoms with Crippen molar-refractivity contribution < 1.29 is 19.2 Å². The van der Waals surface area contributed by atoms with Crippen LogP contribution in [-0.2, 0) is 19.2 Å². The molecule has 0 saturated carbocycles. The predicted molar refractivity (Wildman–Crippen MR) is 70.0 cm³/mol. The van der Waals surface area contributed by atoms with Crippen molar-refractivity contribution in [3.8, 4) is 0 Å². The van der Waals surface area contributed by atoms with Crippen molar-refractivity contribution in [1.29, 1.82) is 0 Å². The Morgan fingerprint density at radius 1 is 1.47 bits per heavy atom. The van der Waals surface area contributed by atoms with E-state index < -0.39 is 5.91 Å². The molecule has 0 aromatic carbocycles. The van der Waals surface area contributed by atoms with Crippen molar-refractivity contribution in [2.45, 2.75) is 13.3 Å². The van der Waals surface area contributed by atoms with Gasteiger partial charge in [0.1, 0.15) is 0 Å². The first-order chi connectivity index (χ1) is 8.88. The molecule has 7 nitrogen and oxygen atoms in total. The number of likely N-dealkylation sites (tertiary alicyclic amines) is 1. The maximum absolute atomic E-state index is 11.5. The van der Waals surface area contributed by atoms with Crippen LogP contribution in [-0.4, -0.2) is 53.1 Å². The Morgan fingerprint density at radius 2 is 2.16 bits per heavy atom. The molecule has 106 valence electrons. The van der Waals surface area contributed by atoms with Crippen LogP contribution in [0.1, 0.15) is 13.3 Å². The van der Waals surface area contributed by atoms with Crippen LogP contribution in [0.2, 0.25) is 0 Å². The molecule has 3 N–H and O–H groups in total. The predicted octanol–water partition coefficient (Wildman–Crippen LogP) is -1.28. The van der Waals surface area contributed by atoms with Gasteiger partial charge in [-0.1, -0.05) is 11.8 Å². The van der Waals surface area contributed by atoms with E-state index in [0.717, 1.165) is 11.8 Å². The van der Waals surface area contributed by atoms with E-state index in [9.17, 15) is 19.2 Å². The van der Waals surface area contributed by atoms with Gasteiger partial charge >= 0.3 is 0 Å². The molecule has 1 saturated heterocycles. The first kappa shape index (κ1) is 15.5. The van der Waals surface area contributed by atoms with Gasteiger partial charge in [0.05, 0.1) is 12.3 Å². The molecule has 0 bridgehead atoms. The Labute approximate surface area is 115 Å². The number of nitrogens with one attached hydrogen (secondary N) is 1. The minimum atomic E-state index is -0.545. The summed E-state index contributed by atoms with van der Waals surface area (Å²) in [7, 11) is 0. The number of primary amides is 1. The van der Waals surface area contributed by atoms with E-state index in [2.05, 4.69) is 5.32 Å². The van der Waals surface area contributed by atoms with Gasteiger partial charge in [-0.15, -0.1) is 0 Å². The van der Waals surface area contributed by atoms with Crippen LogP contribution in [0.15, 0.2) is 0 Å². The zero-order valence-electron chi connectivity index (χ0n) is 10.7. The summed E-state index contributed by atoms with van der Waals surface area (Å²) in [5.41, 5.74) is 5.03. The molecule has 19 heavy (non-hydrogen) atoms. The molecular formula is C11H17N3O4S. The fourth-order valence-corrected chi connectivity index (χ4v) is 2.24. The van der Waals surface area contributed by atoms with Crippen LogP contribution in [0.5, 0.6) is 0 Å². The molecule has 1 rings (SSSR count). The van der Waals surface area contributed by atoms with E-state index in [4.69, 9.17) is 5.73 Å². The number of nitrogens with two attached hydrogens (primary N) is 1. The van der Waals surface area contributed by atoms with Crippen LogP contribution in [0.3, 0.4) is 0 Å². The van der Waals surface area contributed by atoms with E-state index in [-0.39, 0.29) is 35.1 Å². The molecule has 3 amide bonds. The fraction of sp³-hybridized carbons (Fsp3) is 0.636. The van der Waals surface area contributed by atoms with E-state index in [1.165, 1.54) is 11.8 Å². The summed E-state index contributed by atoms with van der Waals surface area (Å²) in [6.45, 7) is 2.10. The molecule has 0 aromatic heterocycles. The lowest BCUT2D eigenvalue weighted by molar-refractivity contribution is -0.132. The van der Waals surface area contributed by atoms with Crippen LogP contribution in [0, 0.1) is 5.92 Å². The van der Waals surface area contributed by atoms with Gasteiger partial charge in [-0.25, -0.2) is 0 Å². The van der Waals surface area contributed by atoms with Crippen molar-refractivity contribution in [3.05, 3.63) is 0 Å². The largest absolute Gasteiger partial charge is 0.368 e. The average Bonchev–Trinajstić information content (AvgIpc) is 2.64. The van der Waals surface area contributed by atoms with Gasteiger partial charge in [-0.05, 0) is 0 Å². The van der Waals surface area contributed by atoms with Crippen LogP contribution in [0.25, 0.3) is 0 Å². The summed E-state index contributed by atoms with van der Waals surface area (Å²) < 4.78 is 0. The highest BCUT2D eigenvalue weighted by Crippen LogP contribution is 2.16. The molecule has 1 heterocycles. The molecule has 0 aliphatic carbocycles. The quantitative estimate of drug-likeness (QED) is 0.632. The maximum atomic E-state index is 11.5. The van der Waals surface area contributed by atoms with E-state index in [1.807, 2.05) is 0 Å². The van der Waals surface area contributed by atoms with Crippen LogP contribution in [0.4, 0.5) is 0 Å². The highest BCUT2D eigenvalue weighted by Gasteiger charge is 2.30. The molecule has 0 aromatic rings. The van der Waals surface area contributed by atoms with Crippen LogP contribution >= 0.6 is 11.8 Å². The zero-order chi connectivity index (χ0) is 14.4. The molecule has 0 spiro atoms. The second-order valence-electron chi connectivity index (χ2n) is 4.40. The monoisotopic (exact) mass is 287 g/mol. The number of amides is 3. The zero-order valence-corrected chi connectivity index (χ0v) is 11.5. The molecule has 0 radical (unpaired) electrons. The number of hydrogen-bond donors (Lipinski definition) is 2. The lowest BCUT2D eigenvalue weighted by atomic mass is 10.1. The Balaban J connectivity index is 2.28. The van der Waals surface area contributed by atoms with Gasteiger partial charge in [0.2, 0.25) is 17.7 Å². The third-order valence-corrected chi connectivity index (χ3v) is 3.45. The standard InChI is InChI=1S/C11H17N3O4S/c1-7(15)19-6-10(17)13-3-8-2-11(18)14(4-8)5-9(12)16/h8H,2-6H2,1H3,(H2,12,16)(H,13,17). The first-order valence-corrected chi connectivity index (χ1v) is 6.83. The smallest absolute Gasteiger partial charge is 0.237 e. The topological polar surface area (TPSA) is 110 Å². The number of carbonyl (C=O) groups excluding carboxylic acids is 4. The highest BCUT2D eigenvalue weighted by molar-refractivity contribution is 8.14. The van der Waals surface area contributed by atoms with Crippen molar-refractivity contribution in [1.82, 2.24) is 10.2 Å². The minimum Gasteiger partial charge on any atom is -0.368 e. The molecule has 1 aliphatic rings. The first-order valence-electron chi connectivity index (χ1n) is 5.84. The number of carbonyl (C=O) groups is 4. The van der Waals surface area contributed by atoms with Crippen molar-refractivity contribution in [3.63, 3.8) is 0 Å². The summed E-state index contributed by atoms with van der Waals surface area (Å²) in [5.74, 6) is -0.841. The second kappa shape index (κ2) is 7.13. The highest BCUT2D eigenvalue weighted by atomic mass is 32.2. The SMILES string of the molecule is CC(=O)SCC(=O)NCC1CC(=O)N(CC(N)=O)C1. The minimum absolute atomic E-state index is 0.0156. The molecule has 1 unspecified atom stereocenters. The Hall–Kier alpha value is -1.57. The third kappa shape index (κ3) is 5.73. The summed E-state index contributed by atoms with van der Waals surface area (Å²) in [4.78, 5) is 45.7. The Bertz CT molecular complexity index is 399. The second-order valence-corrected chi connectivity index (χ2v) is 5.55. The van der Waals surface area contributed by atoms with Gasteiger partial charge in [0.25, 0.3) is 0 Å². The Kier molecular flexibility index (Phi) is 5.81. The fourth-order valence-electron chi connectivity index (χ4n) is 1.81. The molecular weight excluding hydrogens is 270 g/mol. The lowest BCUT2D eigenvalue weighted by Crippen LogP contribution is -2.36. The number of thioether (sulfide) groups is 1. The summed E-state index contributed by atoms with van der Waals surface area (Å²) >= 11 is 0.942. The molecule has 1 aliphatic heterocycles. The van der Waals surface area contributed by atoms with Crippen LogP contribution < -0.4 is 11.1 Å². The maximum Gasteiger partial charge on any atom is 0.237 e. The normalized spacial score (nSPS) is 18.5. The molecule has 1 atom stereocenters. The van der Waals surface area contributed by atoms with E-state index in [1.54, 1.807) is 0 Å².